The van der Waals surface area contributed by atoms with Gasteiger partial charge in [0, 0.05) is 0 Å². The molecule has 1 N–H and O–H groups in total. The number of hydrogen-bond acceptors (Lipinski definition) is 1. The lowest BCUT2D eigenvalue weighted by Gasteiger charge is -2.27. The van der Waals surface area contributed by atoms with Crippen molar-refractivity contribution in [3.63, 3.8) is 0 Å². The maximum absolute atomic E-state index is 10.9. The highest BCUT2D eigenvalue weighted by atomic mass is 16.4. The molecule has 2 aliphatic carbocycles. The largest absolute Gasteiger partial charge is 0.481 e. The Morgan fingerprint density at radius 1 is 1.08 bits per heavy atom. The van der Waals surface area contributed by atoms with Crippen molar-refractivity contribution >= 4 is 5.97 Å². The first-order chi connectivity index (χ1) is 5.79. The minimum absolute atomic E-state index is 0.00435. The van der Waals surface area contributed by atoms with Crippen molar-refractivity contribution in [2.24, 2.45) is 17.8 Å². The Balaban J connectivity index is 2.05. The van der Waals surface area contributed by atoms with Gasteiger partial charge in [0.2, 0.25) is 0 Å². The number of rotatable bonds is 1. The third-order valence-corrected chi connectivity index (χ3v) is 3.65. The molecule has 0 bridgehead atoms. The van der Waals surface area contributed by atoms with Crippen LogP contribution in [0.5, 0.6) is 0 Å². The molecule has 12 heavy (non-hydrogen) atoms. The van der Waals surface area contributed by atoms with Crippen LogP contribution in [0.1, 0.15) is 38.5 Å². The molecule has 2 heteroatoms. The average Bonchev–Trinajstić information content (AvgIpc) is 2.47. The van der Waals surface area contributed by atoms with Crippen molar-refractivity contribution in [2.75, 3.05) is 0 Å². The van der Waals surface area contributed by atoms with Gasteiger partial charge in [0.1, 0.15) is 0 Å². The van der Waals surface area contributed by atoms with Crippen LogP contribution in [0, 0.1) is 17.8 Å². The Morgan fingerprint density at radius 3 is 2.58 bits per heavy atom. The summed E-state index contributed by atoms with van der Waals surface area (Å²) in [6.07, 6.45) is 7.14. The Morgan fingerprint density at radius 2 is 1.83 bits per heavy atom. The molecule has 2 fully saturated rings. The van der Waals surface area contributed by atoms with E-state index in [2.05, 4.69) is 0 Å². The Bertz CT molecular complexity index is 188. The topological polar surface area (TPSA) is 37.3 Å². The van der Waals surface area contributed by atoms with Gasteiger partial charge in [0.25, 0.3) is 0 Å². The van der Waals surface area contributed by atoms with Crippen molar-refractivity contribution in [1.82, 2.24) is 0 Å². The number of carboxylic acid groups (broad SMARTS) is 1. The van der Waals surface area contributed by atoms with Gasteiger partial charge in [-0.2, -0.15) is 0 Å². The second kappa shape index (κ2) is 3.08. The Hall–Kier alpha value is -0.530. The molecule has 0 aromatic rings. The van der Waals surface area contributed by atoms with Crippen LogP contribution < -0.4 is 0 Å². The molecule has 0 heterocycles. The van der Waals surface area contributed by atoms with E-state index in [-0.39, 0.29) is 5.92 Å². The first-order valence-electron chi connectivity index (χ1n) is 5.02. The van der Waals surface area contributed by atoms with Crippen molar-refractivity contribution in [3.05, 3.63) is 0 Å². The van der Waals surface area contributed by atoms with E-state index >= 15 is 0 Å². The van der Waals surface area contributed by atoms with E-state index < -0.39 is 5.97 Å². The van der Waals surface area contributed by atoms with E-state index in [0.29, 0.717) is 5.92 Å². The normalized spacial score (nSPS) is 40.8. The van der Waals surface area contributed by atoms with Crippen LogP contribution in [0.3, 0.4) is 0 Å². The summed E-state index contributed by atoms with van der Waals surface area (Å²) in [5.74, 6) is 0.718. The molecule has 0 radical (unpaired) electrons. The van der Waals surface area contributed by atoms with Crippen molar-refractivity contribution < 1.29 is 9.90 Å². The van der Waals surface area contributed by atoms with E-state index in [0.717, 1.165) is 12.3 Å². The van der Waals surface area contributed by atoms with Crippen LogP contribution in [-0.4, -0.2) is 11.1 Å². The minimum Gasteiger partial charge on any atom is -0.481 e. The summed E-state index contributed by atoms with van der Waals surface area (Å²) in [5, 5.41) is 8.95. The lowest BCUT2D eigenvalue weighted by atomic mass is 9.78. The molecular formula is C10H16O2. The summed E-state index contributed by atoms with van der Waals surface area (Å²) in [6.45, 7) is 0. The first kappa shape index (κ1) is 8.09. The van der Waals surface area contributed by atoms with Crippen molar-refractivity contribution in [2.45, 2.75) is 38.5 Å². The van der Waals surface area contributed by atoms with Crippen LogP contribution in [0.15, 0.2) is 0 Å². The van der Waals surface area contributed by atoms with Crippen LogP contribution in [-0.2, 0) is 4.79 Å². The lowest BCUT2D eigenvalue weighted by Crippen LogP contribution is -2.24. The third-order valence-electron chi connectivity index (χ3n) is 3.65. The molecule has 0 unspecified atom stereocenters. The number of carbonyl (C=O) groups is 1. The summed E-state index contributed by atoms with van der Waals surface area (Å²) in [6, 6.07) is 0. The van der Waals surface area contributed by atoms with Gasteiger partial charge in [-0.05, 0) is 31.1 Å². The number of carboxylic acids is 1. The third kappa shape index (κ3) is 1.23. The molecular weight excluding hydrogens is 152 g/mol. The standard InChI is InChI=1S/C10H16O2/c11-10(12)9-6-5-7-3-1-2-4-8(7)9/h7-9H,1-6H2,(H,11,12)/t7-,8+,9-/m0/s1. The fourth-order valence-corrected chi connectivity index (χ4v) is 3.04. The summed E-state index contributed by atoms with van der Waals surface area (Å²) in [4.78, 5) is 10.9. The molecule has 0 aromatic heterocycles. The molecule has 2 saturated carbocycles. The van der Waals surface area contributed by atoms with Crippen LogP contribution in [0.2, 0.25) is 0 Å². The van der Waals surface area contributed by atoms with E-state index in [1.807, 2.05) is 0 Å². The van der Waals surface area contributed by atoms with Crippen LogP contribution >= 0.6 is 0 Å². The fourth-order valence-electron chi connectivity index (χ4n) is 3.04. The molecule has 0 saturated heterocycles. The predicted octanol–water partition coefficient (Wildman–Crippen LogP) is 2.29. The number of fused-ring (bicyclic) bond motifs is 1. The van der Waals surface area contributed by atoms with Gasteiger partial charge in [0.15, 0.2) is 0 Å². The van der Waals surface area contributed by atoms with E-state index in [1.54, 1.807) is 0 Å². The molecule has 2 nitrogen and oxygen atoms in total. The second-order valence-corrected chi connectivity index (χ2v) is 4.23. The van der Waals surface area contributed by atoms with E-state index in [4.69, 9.17) is 5.11 Å². The van der Waals surface area contributed by atoms with E-state index in [9.17, 15) is 4.79 Å². The quantitative estimate of drug-likeness (QED) is 0.652. The van der Waals surface area contributed by atoms with Gasteiger partial charge >= 0.3 is 5.97 Å². The molecule has 2 aliphatic rings. The zero-order chi connectivity index (χ0) is 8.55. The van der Waals surface area contributed by atoms with Gasteiger partial charge < -0.3 is 5.11 Å². The van der Waals surface area contributed by atoms with Gasteiger partial charge in [-0.3, -0.25) is 4.79 Å². The van der Waals surface area contributed by atoms with Gasteiger partial charge in [-0.25, -0.2) is 0 Å². The van der Waals surface area contributed by atoms with Gasteiger partial charge in [0.05, 0.1) is 5.92 Å². The zero-order valence-corrected chi connectivity index (χ0v) is 7.33. The van der Waals surface area contributed by atoms with E-state index in [1.165, 1.54) is 32.1 Å². The maximum Gasteiger partial charge on any atom is 0.306 e. The molecule has 0 spiro atoms. The molecule has 3 atom stereocenters. The summed E-state index contributed by atoms with van der Waals surface area (Å²) >= 11 is 0. The second-order valence-electron chi connectivity index (χ2n) is 4.23. The summed E-state index contributed by atoms with van der Waals surface area (Å²) < 4.78 is 0. The highest BCUT2D eigenvalue weighted by Gasteiger charge is 2.40. The highest BCUT2D eigenvalue weighted by Crippen LogP contribution is 2.45. The molecule has 0 amide bonds. The molecule has 0 aliphatic heterocycles. The average molecular weight is 168 g/mol. The van der Waals surface area contributed by atoms with Crippen LogP contribution in [0.4, 0.5) is 0 Å². The Labute approximate surface area is 73.0 Å². The lowest BCUT2D eigenvalue weighted by molar-refractivity contribution is -0.143. The summed E-state index contributed by atoms with van der Waals surface area (Å²) in [7, 11) is 0. The monoisotopic (exact) mass is 168 g/mol. The Kier molecular flexibility index (Phi) is 2.07. The molecule has 68 valence electrons. The summed E-state index contributed by atoms with van der Waals surface area (Å²) in [5.41, 5.74) is 0. The van der Waals surface area contributed by atoms with Gasteiger partial charge in [-0.15, -0.1) is 0 Å². The zero-order valence-electron chi connectivity index (χ0n) is 7.33. The SMILES string of the molecule is O=C(O)[C@H]1CC[C@@H]2CCCC[C@H]21. The smallest absolute Gasteiger partial charge is 0.306 e. The molecule has 0 aromatic carbocycles. The predicted molar refractivity (Wildman–Crippen MR) is 45.8 cm³/mol. The van der Waals surface area contributed by atoms with Crippen molar-refractivity contribution in [1.29, 1.82) is 0 Å². The first-order valence-corrected chi connectivity index (χ1v) is 5.02. The van der Waals surface area contributed by atoms with Gasteiger partial charge in [-0.1, -0.05) is 19.3 Å². The minimum atomic E-state index is -0.551. The fraction of sp³-hybridized carbons (Fsp3) is 0.900. The number of aliphatic carboxylic acids is 1. The van der Waals surface area contributed by atoms with Crippen LogP contribution in [0.25, 0.3) is 0 Å². The molecule has 2 rings (SSSR count). The maximum atomic E-state index is 10.9. The highest BCUT2D eigenvalue weighted by molar-refractivity contribution is 5.70. The van der Waals surface area contributed by atoms with Crippen molar-refractivity contribution in [3.8, 4) is 0 Å². The number of hydrogen-bond donors (Lipinski definition) is 1.